The highest BCUT2D eigenvalue weighted by atomic mass is 16.3. The number of anilines is 3. The highest BCUT2D eigenvalue weighted by Gasteiger charge is 2.20. The van der Waals surface area contributed by atoms with E-state index in [9.17, 15) is 0 Å². The topological polar surface area (TPSA) is 42.7 Å². The third kappa shape index (κ3) is 4.25. The number of hydrogen-bond acceptors (Lipinski definition) is 4. The van der Waals surface area contributed by atoms with Gasteiger partial charge in [0.05, 0.1) is 0 Å². The molecule has 3 heterocycles. The zero-order chi connectivity index (χ0) is 35.3. The van der Waals surface area contributed by atoms with Crippen LogP contribution in [-0.4, -0.2) is 0 Å². The lowest BCUT2D eigenvalue weighted by Crippen LogP contribution is -2.09. The van der Waals surface area contributed by atoms with E-state index in [1.165, 1.54) is 21.5 Å². The van der Waals surface area contributed by atoms with E-state index in [-0.39, 0.29) is 0 Å². The van der Waals surface area contributed by atoms with Gasteiger partial charge in [0.1, 0.15) is 33.5 Å². The van der Waals surface area contributed by atoms with Crippen LogP contribution in [0.4, 0.5) is 17.1 Å². The predicted octanol–water partition coefficient (Wildman–Crippen LogP) is 14.8. The van der Waals surface area contributed by atoms with Gasteiger partial charge in [-0.3, -0.25) is 0 Å². The first-order valence-electron chi connectivity index (χ1n) is 18.2. The maximum absolute atomic E-state index is 6.64. The summed E-state index contributed by atoms with van der Waals surface area (Å²) < 4.78 is 19.6. The van der Waals surface area contributed by atoms with Crippen molar-refractivity contribution in [2.45, 2.75) is 0 Å². The molecule has 252 valence electrons. The van der Waals surface area contributed by atoms with Crippen LogP contribution in [0.3, 0.4) is 0 Å². The Morgan fingerprint density at radius 3 is 1.44 bits per heavy atom. The molecule has 0 N–H and O–H groups in total. The van der Waals surface area contributed by atoms with Crippen molar-refractivity contribution in [2.24, 2.45) is 0 Å². The lowest BCUT2D eigenvalue weighted by atomic mass is 9.97. The number of nitrogens with zero attached hydrogens (tertiary/aromatic N) is 1. The molecule has 0 aliphatic carbocycles. The molecule has 0 saturated heterocycles. The van der Waals surface area contributed by atoms with Crippen molar-refractivity contribution < 1.29 is 13.3 Å². The standard InChI is InChI=1S/C50H29NO3/c1-2-11-33(12-3-1)51(35-20-23-40-47(29-35)54-44-26-19-31-10-5-7-14-37(31)49(40)44)34-21-24-41-46(28-34)52-42-16-8-15-38(50(41)42)32-17-22-39-45(27-32)53-43-25-18-30-9-4-6-13-36(30)48(39)43/h1-29H. The largest absolute Gasteiger partial charge is 0.456 e. The average Bonchev–Trinajstić information content (AvgIpc) is 3.92. The van der Waals surface area contributed by atoms with E-state index in [1.54, 1.807) is 0 Å². The Kier molecular flexibility index (Phi) is 6.02. The summed E-state index contributed by atoms with van der Waals surface area (Å²) in [6.07, 6.45) is 0. The van der Waals surface area contributed by atoms with Crippen molar-refractivity contribution in [3.63, 3.8) is 0 Å². The molecule has 0 fully saturated rings. The van der Waals surface area contributed by atoms with E-state index in [1.807, 2.05) is 6.07 Å². The second-order valence-electron chi connectivity index (χ2n) is 14.0. The molecule has 0 spiro atoms. The van der Waals surface area contributed by atoms with Gasteiger partial charge in [0, 0.05) is 61.5 Å². The van der Waals surface area contributed by atoms with Crippen LogP contribution in [0.2, 0.25) is 0 Å². The molecule has 0 radical (unpaired) electrons. The first kappa shape index (κ1) is 29.3. The molecule has 12 rings (SSSR count). The van der Waals surface area contributed by atoms with Crippen molar-refractivity contribution in [1.29, 1.82) is 0 Å². The molecule has 0 bridgehead atoms. The van der Waals surface area contributed by atoms with Crippen LogP contribution in [0.15, 0.2) is 189 Å². The summed E-state index contributed by atoms with van der Waals surface area (Å²) in [7, 11) is 0. The SMILES string of the molecule is c1ccc(N(c2ccc3c(c2)oc2cccc(-c4ccc5c(c4)oc4ccc6ccccc6c45)c23)c2ccc3c(c2)oc2ccc4ccccc4c23)cc1. The van der Waals surface area contributed by atoms with Gasteiger partial charge < -0.3 is 18.2 Å². The molecule has 9 aromatic carbocycles. The Morgan fingerprint density at radius 2 is 0.815 bits per heavy atom. The fraction of sp³-hybridized carbons (Fsp3) is 0. The van der Waals surface area contributed by atoms with Crippen LogP contribution >= 0.6 is 0 Å². The molecule has 12 aromatic rings. The Bertz CT molecular complexity index is 3460. The van der Waals surface area contributed by atoms with E-state index < -0.39 is 0 Å². The minimum atomic E-state index is 0.823. The van der Waals surface area contributed by atoms with E-state index in [2.05, 4.69) is 175 Å². The molecule has 0 atom stereocenters. The van der Waals surface area contributed by atoms with Crippen molar-refractivity contribution >= 4 is 104 Å². The summed E-state index contributed by atoms with van der Waals surface area (Å²) >= 11 is 0. The number of hydrogen-bond donors (Lipinski definition) is 0. The van der Waals surface area contributed by atoms with Gasteiger partial charge in [0.2, 0.25) is 0 Å². The van der Waals surface area contributed by atoms with Gasteiger partial charge in [-0.25, -0.2) is 0 Å². The molecule has 3 aromatic heterocycles. The fourth-order valence-electron chi connectivity index (χ4n) is 8.61. The van der Waals surface area contributed by atoms with Crippen molar-refractivity contribution in [3.05, 3.63) is 176 Å². The van der Waals surface area contributed by atoms with Crippen molar-refractivity contribution in [1.82, 2.24) is 0 Å². The van der Waals surface area contributed by atoms with Crippen LogP contribution in [0.1, 0.15) is 0 Å². The molecule has 0 saturated carbocycles. The predicted molar refractivity (Wildman–Crippen MR) is 223 cm³/mol. The minimum absolute atomic E-state index is 0.823. The Labute approximate surface area is 308 Å². The Hall–Kier alpha value is -7.30. The maximum atomic E-state index is 6.64. The Balaban J connectivity index is 1.00. The van der Waals surface area contributed by atoms with Gasteiger partial charge in [0.15, 0.2) is 0 Å². The van der Waals surface area contributed by atoms with Crippen LogP contribution in [0, 0.1) is 0 Å². The molecular formula is C50H29NO3. The van der Waals surface area contributed by atoms with E-state index in [0.29, 0.717) is 0 Å². The first-order chi connectivity index (χ1) is 26.7. The normalized spacial score (nSPS) is 12.1. The number of fused-ring (bicyclic) bond motifs is 13. The third-order valence-corrected chi connectivity index (χ3v) is 11.0. The summed E-state index contributed by atoms with van der Waals surface area (Å²) in [5.74, 6) is 0. The van der Waals surface area contributed by atoms with E-state index in [4.69, 9.17) is 13.3 Å². The summed E-state index contributed by atoms with van der Waals surface area (Å²) in [4.78, 5) is 2.26. The van der Waals surface area contributed by atoms with Gasteiger partial charge in [-0.2, -0.15) is 0 Å². The van der Waals surface area contributed by atoms with E-state index >= 15 is 0 Å². The molecule has 54 heavy (non-hydrogen) atoms. The number of para-hydroxylation sites is 1. The van der Waals surface area contributed by atoms with Crippen LogP contribution < -0.4 is 4.90 Å². The van der Waals surface area contributed by atoms with Crippen LogP contribution in [0.25, 0.3) is 98.5 Å². The van der Waals surface area contributed by atoms with Gasteiger partial charge in [0.25, 0.3) is 0 Å². The van der Waals surface area contributed by atoms with Gasteiger partial charge in [-0.15, -0.1) is 0 Å². The molecule has 4 nitrogen and oxygen atoms in total. The van der Waals surface area contributed by atoms with Crippen LogP contribution in [-0.2, 0) is 0 Å². The molecule has 0 amide bonds. The van der Waals surface area contributed by atoms with E-state index in [0.717, 1.165) is 94.0 Å². The zero-order valence-electron chi connectivity index (χ0n) is 28.9. The molecular weight excluding hydrogens is 663 g/mol. The monoisotopic (exact) mass is 691 g/mol. The molecule has 0 aliphatic rings. The fourth-order valence-corrected chi connectivity index (χ4v) is 8.61. The maximum Gasteiger partial charge on any atom is 0.137 e. The van der Waals surface area contributed by atoms with Crippen molar-refractivity contribution in [3.8, 4) is 11.1 Å². The number of rotatable bonds is 4. The van der Waals surface area contributed by atoms with Gasteiger partial charge in [-0.1, -0.05) is 97.1 Å². The second kappa shape index (κ2) is 11.1. The minimum Gasteiger partial charge on any atom is -0.456 e. The molecule has 0 unspecified atom stereocenters. The lowest BCUT2D eigenvalue weighted by Gasteiger charge is -2.25. The summed E-state index contributed by atoms with van der Waals surface area (Å²) in [6, 6.07) is 61.7. The third-order valence-electron chi connectivity index (χ3n) is 11.0. The van der Waals surface area contributed by atoms with Crippen molar-refractivity contribution in [2.75, 3.05) is 4.90 Å². The lowest BCUT2D eigenvalue weighted by molar-refractivity contribution is 0.668. The summed E-state index contributed by atoms with van der Waals surface area (Å²) in [6.45, 7) is 0. The number of benzene rings is 9. The van der Waals surface area contributed by atoms with Crippen LogP contribution in [0.5, 0.6) is 0 Å². The number of furan rings is 3. The smallest absolute Gasteiger partial charge is 0.137 e. The highest BCUT2D eigenvalue weighted by Crippen LogP contribution is 2.44. The summed E-state index contributed by atoms with van der Waals surface area (Å²) in [5, 5.41) is 11.5. The molecule has 0 aliphatic heterocycles. The second-order valence-corrected chi connectivity index (χ2v) is 14.0. The van der Waals surface area contributed by atoms with Gasteiger partial charge in [-0.05, 0) is 99.4 Å². The Morgan fingerprint density at radius 1 is 0.296 bits per heavy atom. The molecule has 4 heteroatoms. The average molecular weight is 692 g/mol. The summed E-state index contributed by atoms with van der Waals surface area (Å²) in [5.41, 5.74) is 10.4. The highest BCUT2D eigenvalue weighted by molar-refractivity contribution is 6.21. The quantitative estimate of drug-likeness (QED) is 0.184. The zero-order valence-corrected chi connectivity index (χ0v) is 28.9. The van der Waals surface area contributed by atoms with Gasteiger partial charge >= 0.3 is 0 Å². The first-order valence-corrected chi connectivity index (χ1v) is 18.2.